The van der Waals surface area contributed by atoms with Gasteiger partial charge in [0.05, 0.1) is 12.1 Å². The van der Waals surface area contributed by atoms with Crippen molar-refractivity contribution >= 4 is 29.7 Å². The molecule has 0 spiro atoms. The maximum atomic E-state index is 13.2. The van der Waals surface area contributed by atoms with Gasteiger partial charge in [0.15, 0.2) is 0 Å². The molecule has 11 heteroatoms. The number of ether oxygens (including phenoxy) is 1. The first-order valence-electron chi connectivity index (χ1n) is 15.7. The number of fused-ring (bicyclic) bond motifs is 3. The van der Waals surface area contributed by atoms with Gasteiger partial charge in [-0.15, -0.1) is 0 Å². The van der Waals surface area contributed by atoms with E-state index in [0.29, 0.717) is 6.42 Å². The number of hydrazone groups is 1. The number of hydrogen-bond donors (Lipinski definition) is 5. The molecule has 0 aromatic heterocycles. The average molecular weight is 648 g/mol. The second-order valence-corrected chi connectivity index (χ2v) is 11.2. The fourth-order valence-corrected chi connectivity index (χ4v) is 5.81. The number of nitrogens with one attached hydrogen (secondary N) is 4. The molecule has 4 amide bonds. The van der Waals surface area contributed by atoms with Crippen LogP contribution in [-0.2, 0) is 14.3 Å². The van der Waals surface area contributed by atoms with E-state index in [4.69, 9.17) is 9.84 Å². The molecule has 0 heterocycles. The van der Waals surface area contributed by atoms with Gasteiger partial charge in [-0.25, -0.2) is 15.0 Å². The number of rotatable bonds is 13. The number of carbonyl (C=O) groups is 4. The highest BCUT2D eigenvalue weighted by atomic mass is 16.5. The molecule has 0 fully saturated rings. The van der Waals surface area contributed by atoms with Crippen LogP contribution in [0.2, 0.25) is 0 Å². The molecule has 0 radical (unpaired) electrons. The topological polar surface area (TPSA) is 158 Å². The molecule has 0 bridgehead atoms. The summed E-state index contributed by atoms with van der Waals surface area (Å²) in [6.45, 7) is 1.22. The molecule has 1 aliphatic carbocycles. The van der Waals surface area contributed by atoms with Gasteiger partial charge in [0, 0.05) is 5.92 Å². The van der Waals surface area contributed by atoms with Crippen LogP contribution in [0.25, 0.3) is 11.1 Å². The van der Waals surface area contributed by atoms with Crippen molar-refractivity contribution in [3.05, 3.63) is 131 Å². The molecule has 246 valence electrons. The van der Waals surface area contributed by atoms with Gasteiger partial charge in [0.25, 0.3) is 5.91 Å². The van der Waals surface area contributed by atoms with Gasteiger partial charge < -0.3 is 25.8 Å². The molecule has 0 saturated carbocycles. The van der Waals surface area contributed by atoms with E-state index in [-0.39, 0.29) is 24.7 Å². The van der Waals surface area contributed by atoms with Crippen molar-refractivity contribution in [2.24, 2.45) is 5.10 Å². The van der Waals surface area contributed by atoms with Crippen LogP contribution < -0.4 is 21.4 Å². The molecular weight excluding hydrogens is 610 g/mol. The van der Waals surface area contributed by atoms with E-state index >= 15 is 0 Å². The Kier molecular flexibility index (Phi) is 11.2. The Balaban J connectivity index is 1.32. The van der Waals surface area contributed by atoms with E-state index in [2.05, 4.69) is 26.5 Å². The minimum atomic E-state index is -1.27. The Morgan fingerprint density at radius 3 is 1.85 bits per heavy atom. The fourth-order valence-electron chi connectivity index (χ4n) is 5.81. The molecule has 1 aliphatic rings. The van der Waals surface area contributed by atoms with Crippen LogP contribution in [-0.4, -0.2) is 54.0 Å². The van der Waals surface area contributed by atoms with Gasteiger partial charge in [-0.1, -0.05) is 123 Å². The Labute approximate surface area is 278 Å². The van der Waals surface area contributed by atoms with Crippen molar-refractivity contribution in [1.29, 1.82) is 0 Å². The molecule has 1 atom stereocenters. The van der Waals surface area contributed by atoms with Gasteiger partial charge in [0.2, 0.25) is 0 Å². The number of carboxylic acid groups (broad SMARTS) is 1. The summed E-state index contributed by atoms with van der Waals surface area (Å²) in [6.07, 6.45) is -0.00835. The van der Waals surface area contributed by atoms with E-state index in [1.54, 1.807) is 0 Å². The number of alkyl carbamates (subject to hydrolysis) is 1. The van der Waals surface area contributed by atoms with Crippen LogP contribution in [0.5, 0.6) is 0 Å². The van der Waals surface area contributed by atoms with Crippen LogP contribution in [0.3, 0.4) is 0 Å². The Morgan fingerprint density at radius 2 is 1.31 bits per heavy atom. The summed E-state index contributed by atoms with van der Waals surface area (Å²) in [5.41, 5.74) is 8.00. The minimum Gasteiger partial charge on any atom is -0.480 e. The summed E-state index contributed by atoms with van der Waals surface area (Å²) in [5, 5.41) is 21.1. The second-order valence-electron chi connectivity index (χ2n) is 11.2. The van der Waals surface area contributed by atoms with Crippen LogP contribution in [0, 0.1) is 0 Å². The van der Waals surface area contributed by atoms with Crippen molar-refractivity contribution in [3.8, 4) is 11.1 Å². The molecule has 4 aromatic rings. The average Bonchev–Trinajstić information content (AvgIpc) is 3.43. The van der Waals surface area contributed by atoms with Gasteiger partial charge in [-0.05, 0) is 39.8 Å². The first-order valence-corrected chi connectivity index (χ1v) is 15.7. The summed E-state index contributed by atoms with van der Waals surface area (Å²) >= 11 is 0. The van der Waals surface area contributed by atoms with Gasteiger partial charge in [-0.3, -0.25) is 9.59 Å². The second kappa shape index (κ2) is 16.0. The Morgan fingerprint density at radius 1 is 0.771 bits per heavy atom. The largest absolute Gasteiger partial charge is 0.480 e. The summed E-state index contributed by atoms with van der Waals surface area (Å²) in [5.74, 6) is -2.30. The summed E-state index contributed by atoms with van der Waals surface area (Å²) in [7, 11) is 0. The lowest BCUT2D eigenvalue weighted by Gasteiger charge is -2.22. The van der Waals surface area contributed by atoms with Crippen LogP contribution >= 0.6 is 0 Å². The number of amides is 4. The van der Waals surface area contributed by atoms with Crippen molar-refractivity contribution < 1.29 is 29.0 Å². The number of nitrogens with zero attached hydrogens (tertiary/aromatic N) is 1. The fraction of sp³-hybridized carbons (Fsp3) is 0.216. The maximum absolute atomic E-state index is 13.2. The third-order valence-electron chi connectivity index (χ3n) is 8.00. The van der Waals surface area contributed by atoms with Crippen molar-refractivity contribution in [3.63, 3.8) is 0 Å². The first kappa shape index (κ1) is 33.4. The molecule has 0 aliphatic heterocycles. The third kappa shape index (κ3) is 8.24. The van der Waals surface area contributed by atoms with Gasteiger partial charge in [0.1, 0.15) is 18.9 Å². The number of hydrogen-bond acceptors (Lipinski definition) is 6. The maximum Gasteiger partial charge on any atom is 0.407 e. The summed E-state index contributed by atoms with van der Waals surface area (Å²) in [4.78, 5) is 50.8. The van der Waals surface area contributed by atoms with Gasteiger partial charge in [-0.2, -0.15) is 5.10 Å². The van der Waals surface area contributed by atoms with Crippen molar-refractivity contribution in [2.45, 2.75) is 37.8 Å². The zero-order valence-electron chi connectivity index (χ0n) is 26.4. The van der Waals surface area contributed by atoms with Crippen LogP contribution in [0.15, 0.2) is 114 Å². The molecular formula is C37H37N5O6. The normalized spacial score (nSPS) is 12.8. The third-order valence-corrected chi connectivity index (χ3v) is 8.00. The smallest absolute Gasteiger partial charge is 0.407 e. The van der Waals surface area contributed by atoms with E-state index in [1.807, 2.05) is 116 Å². The lowest BCUT2D eigenvalue weighted by atomic mass is 9.98. The SMILES string of the molecule is CCC[C@@H](NC(=O)OCC1c2ccccc2-c2ccccc21)C(=NNC(=O)NC(c1ccccc1)c1ccccc1)C(=O)NCC(=O)O. The molecule has 5 rings (SSSR count). The molecule has 11 nitrogen and oxygen atoms in total. The lowest BCUT2D eigenvalue weighted by Crippen LogP contribution is -2.50. The first-order chi connectivity index (χ1) is 23.4. The van der Waals surface area contributed by atoms with E-state index in [1.165, 1.54) is 0 Å². The number of carbonyl (C=O) groups excluding carboxylic acids is 3. The highest BCUT2D eigenvalue weighted by Gasteiger charge is 2.30. The van der Waals surface area contributed by atoms with Crippen molar-refractivity contribution in [2.75, 3.05) is 13.2 Å². The highest BCUT2D eigenvalue weighted by Crippen LogP contribution is 2.44. The monoisotopic (exact) mass is 647 g/mol. The van der Waals surface area contributed by atoms with Crippen molar-refractivity contribution in [1.82, 2.24) is 21.4 Å². The quantitative estimate of drug-likeness (QED) is 0.0974. The van der Waals surface area contributed by atoms with E-state index in [9.17, 15) is 19.2 Å². The summed E-state index contributed by atoms with van der Waals surface area (Å²) < 4.78 is 5.69. The zero-order valence-corrected chi connectivity index (χ0v) is 26.4. The molecule has 4 aromatic carbocycles. The number of urea groups is 1. The minimum absolute atomic E-state index is 0.0530. The van der Waals surface area contributed by atoms with Crippen LogP contribution in [0.4, 0.5) is 9.59 Å². The molecule has 0 unspecified atom stereocenters. The standard InChI is InChI=1S/C37H37N5O6/c1-2-13-31(39-37(47)48-23-30-28-20-11-9-18-26(28)27-19-10-12-21-29(27)30)34(35(45)38-22-32(43)44)41-42-36(46)40-33(24-14-5-3-6-15-24)25-16-7-4-8-17-25/h3-12,14-21,30-31,33H,2,13,22-23H2,1H3,(H,38,45)(H,39,47)(H,43,44)(H2,40,42,46)/t31-/m1/s1. The molecule has 5 N–H and O–H groups in total. The lowest BCUT2D eigenvalue weighted by molar-refractivity contribution is -0.137. The molecule has 48 heavy (non-hydrogen) atoms. The van der Waals surface area contributed by atoms with E-state index in [0.717, 1.165) is 33.4 Å². The van der Waals surface area contributed by atoms with E-state index < -0.39 is 42.6 Å². The number of aliphatic carboxylic acids is 1. The molecule has 0 saturated heterocycles. The summed E-state index contributed by atoms with van der Waals surface area (Å²) in [6, 6.07) is 32.4. The highest BCUT2D eigenvalue weighted by molar-refractivity contribution is 6.41. The Hall–Kier alpha value is -5.97. The number of benzene rings is 4. The predicted molar refractivity (Wildman–Crippen MR) is 181 cm³/mol. The predicted octanol–water partition coefficient (Wildman–Crippen LogP) is 5.34. The zero-order chi connectivity index (χ0) is 33.9. The van der Waals surface area contributed by atoms with Gasteiger partial charge >= 0.3 is 18.1 Å². The number of carboxylic acids is 1. The Bertz CT molecular complexity index is 1690. The van der Waals surface area contributed by atoms with Crippen LogP contribution in [0.1, 0.15) is 54.0 Å².